The molecule has 13 heteroatoms. The van der Waals surface area contributed by atoms with Crippen molar-refractivity contribution in [2.24, 2.45) is 0 Å². The van der Waals surface area contributed by atoms with E-state index in [2.05, 4.69) is 16.2 Å². The maximum absolute atomic E-state index is 15.6. The Labute approximate surface area is 254 Å². The Morgan fingerprint density at radius 1 is 1.29 bits per heavy atom. The van der Waals surface area contributed by atoms with Gasteiger partial charge in [-0.1, -0.05) is 18.2 Å². The molecule has 4 aromatic rings. The first-order valence-electron chi connectivity index (χ1n) is 16.1. The number of β-amino-alcohol motifs (C(OH)–C–C–N with tert-alkyl or cyclic N) is 1. The van der Waals surface area contributed by atoms with E-state index in [1.165, 1.54) is 47.2 Å². The fourth-order valence-electron chi connectivity index (χ4n) is 5.14. The number of fused-ring (bicyclic) bond motifs is 1. The van der Waals surface area contributed by atoms with Crippen molar-refractivity contribution >= 4 is 39.3 Å². The zero-order chi connectivity index (χ0) is 34.8. The van der Waals surface area contributed by atoms with Crippen LogP contribution in [0.4, 0.5) is 25.3 Å². The van der Waals surface area contributed by atoms with Crippen LogP contribution in [0.25, 0.3) is 16.8 Å². The molecule has 1 aromatic carbocycles. The molecule has 0 bridgehead atoms. The van der Waals surface area contributed by atoms with Crippen molar-refractivity contribution in [3.8, 4) is 17.3 Å². The number of amides is 1. The van der Waals surface area contributed by atoms with Crippen molar-refractivity contribution in [3.63, 3.8) is 0 Å². The zero-order valence-corrected chi connectivity index (χ0v) is 23.3. The molecule has 2 aliphatic heterocycles. The van der Waals surface area contributed by atoms with Crippen molar-refractivity contribution in [1.29, 1.82) is 5.26 Å². The summed E-state index contributed by atoms with van der Waals surface area (Å²) in [6, 6.07) is 8.93. The van der Waals surface area contributed by atoms with Gasteiger partial charge in [0.15, 0.2) is 10.9 Å². The molecule has 0 spiro atoms. The first-order chi connectivity index (χ1) is 22.5. The number of aromatic nitrogens is 3. The standard InChI is InChI=1S/C29H30F2N8O2S/c1-3-22-28(35(2)29-33-27(25(13-32)42-29)18-4-6-19(30)7-5-18)24-12-23(21(31)16-39(24)34-22)37-10-8-36(9-11-37)17-26(41)38-14-20(40)15-38/h4-7,12,16,20,40H,3,8-11,14-15,17H2,1-2H3/i1D3,3D2,20D. The van der Waals surface area contributed by atoms with Gasteiger partial charge in [0.25, 0.3) is 0 Å². The fourth-order valence-corrected chi connectivity index (χ4v) is 5.99. The van der Waals surface area contributed by atoms with Crippen LogP contribution in [-0.2, 0) is 11.2 Å². The third-order valence-electron chi connectivity index (χ3n) is 7.42. The van der Waals surface area contributed by atoms with Gasteiger partial charge in [0, 0.05) is 58.7 Å². The number of hydrogen-bond acceptors (Lipinski definition) is 9. The van der Waals surface area contributed by atoms with Crippen LogP contribution in [0.1, 0.15) is 25.6 Å². The molecule has 0 aliphatic carbocycles. The lowest BCUT2D eigenvalue weighted by Gasteiger charge is -2.39. The Hall–Kier alpha value is -4.12. The van der Waals surface area contributed by atoms with Gasteiger partial charge in [0.05, 0.1) is 42.8 Å². The molecule has 0 radical (unpaired) electrons. The minimum atomic E-state index is -3.15. The molecule has 2 saturated heterocycles. The van der Waals surface area contributed by atoms with Gasteiger partial charge in [-0.25, -0.2) is 18.3 Å². The molecule has 1 N–H and O–H groups in total. The number of carbonyl (C=O) groups is 1. The second-order valence-corrected chi connectivity index (χ2v) is 11.1. The quantitative estimate of drug-likeness (QED) is 0.346. The minimum Gasteiger partial charge on any atom is -0.389 e. The summed E-state index contributed by atoms with van der Waals surface area (Å²) in [6.07, 6.45) is -3.54. The summed E-state index contributed by atoms with van der Waals surface area (Å²) in [6.45, 7) is -1.65. The third-order valence-corrected chi connectivity index (χ3v) is 8.46. The number of hydrogen-bond donors (Lipinski definition) is 1. The summed E-state index contributed by atoms with van der Waals surface area (Å²) < 4.78 is 78.8. The number of aliphatic hydroxyl groups is 1. The number of carbonyl (C=O) groups excluding carboxylic acids is 1. The van der Waals surface area contributed by atoms with Gasteiger partial charge in [-0.05, 0) is 36.7 Å². The lowest BCUT2D eigenvalue weighted by Crippen LogP contribution is -2.57. The molecule has 0 atom stereocenters. The maximum atomic E-state index is 15.6. The van der Waals surface area contributed by atoms with Crippen molar-refractivity contribution in [2.75, 3.05) is 62.7 Å². The van der Waals surface area contributed by atoms with E-state index in [1.54, 1.807) is 4.90 Å². The molecule has 1 amide bonds. The van der Waals surface area contributed by atoms with Crippen molar-refractivity contribution in [1.82, 2.24) is 24.4 Å². The van der Waals surface area contributed by atoms with E-state index in [4.69, 9.17) is 8.22 Å². The van der Waals surface area contributed by atoms with Crippen LogP contribution < -0.4 is 9.80 Å². The van der Waals surface area contributed by atoms with Crippen LogP contribution in [0.2, 0.25) is 0 Å². The first-order valence-corrected chi connectivity index (χ1v) is 13.9. The normalized spacial score (nSPS) is 19.6. The highest BCUT2D eigenvalue weighted by Crippen LogP contribution is 2.39. The van der Waals surface area contributed by atoms with Crippen molar-refractivity contribution in [3.05, 3.63) is 58.7 Å². The van der Waals surface area contributed by atoms with Crippen LogP contribution in [0.5, 0.6) is 0 Å². The predicted molar refractivity (Wildman–Crippen MR) is 156 cm³/mol. The monoisotopic (exact) mass is 598 g/mol. The summed E-state index contributed by atoms with van der Waals surface area (Å²) in [5.74, 6) is -1.36. The molecule has 6 rings (SSSR count). The number of likely N-dealkylation sites (tertiary alicyclic amines) is 1. The summed E-state index contributed by atoms with van der Waals surface area (Å²) in [7, 11) is 1.52. The Morgan fingerprint density at radius 2 is 2.02 bits per heavy atom. The average Bonchev–Trinajstić information content (AvgIpc) is 3.61. The number of nitrogens with zero attached hydrogens (tertiary/aromatic N) is 8. The molecule has 0 saturated carbocycles. The topological polar surface area (TPSA) is 104 Å². The molecule has 42 heavy (non-hydrogen) atoms. The van der Waals surface area contributed by atoms with Crippen LogP contribution in [0.3, 0.4) is 0 Å². The van der Waals surface area contributed by atoms with E-state index in [0.29, 0.717) is 31.7 Å². The molecule has 2 fully saturated rings. The Kier molecular flexibility index (Phi) is 5.79. The van der Waals surface area contributed by atoms with Gasteiger partial charge in [-0.3, -0.25) is 9.69 Å². The summed E-state index contributed by atoms with van der Waals surface area (Å²) in [5.41, 5.74) is 0.604. The summed E-state index contributed by atoms with van der Waals surface area (Å²) >= 11 is 0.963. The molecule has 10 nitrogen and oxygen atoms in total. The van der Waals surface area contributed by atoms with Gasteiger partial charge >= 0.3 is 0 Å². The minimum absolute atomic E-state index is 0.00871. The highest BCUT2D eigenvalue weighted by atomic mass is 32.1. The Balaban J connectivity index is 1.35. The molecule has 3 aromatic heterocycles. The van der Waals surface area contributed by atoms with Crippen LogP contribution >= 0.6 is 11.3 Å². The second-order valence-electron chi connectivity index (χ2n) is 10.1. The Morgan fingerprint density at radius 3 is 2.69 bits per heavy atom. The van der Waals surface area contributed by atoms with E-state index in [1.807, 2.05) is 4.90 Å². The van der Waals surface area contributed by atoms with Gasteiger partial charge < -0.3 is 19.8 Å². The van der Waals surface area contributed by atoms with E-state index in [0.717, 1.165) is 22.0 Å². The van der Waals surface area contributed by atoms with Crippen molar-refractivity contribution < 1.29 is 26.9 Å². The fraction of sp³-hybridized carbons (Fsp3) is 0.379. The second kappa shape index (κ2) is 11.3. The highest BCUT2D eigenvalue weighted by Gasteiger charge is 2.31. The van der Waals surface area contributed by atoms with Gasteiger partial charge in [0.2, 0.25) is 5.91 Å². The SMILES string of the molecule is [2H]C1(O)CN(C(=O)CN2CCN(c3cc4c(N(C)c5nc(-c6ccc(F)cc6)c(C#N)s5)c(C([2H])([2H])C([2H])([2H])[2H])nn4cc3F)CC2)C1. The number of anilines is 3. The van der Waals surface area contributed by atoms with Crippen LogP contribution in [-0.4, -0.2) is 94.4 Å². The van der Waals surface area contributed by atoms with Gasteiger partial charge in [-0.15, -0.1) is 0 Å². The lowest BCUT2D eigenvalue weighted by molar-refractivity contribution is -0.142. The smallest absolute Gasteiger partial charge is 0.236 e. The third kappa shape index (κ3) is 5.17. The number of thiazole rings is 1. The van der Waals surface area contributed by atoms with Crippen LogP contribution in [0.15, 0.2) is 36.5 Å². The number of benzene rings is 1. The first kappa shape index (κ1) is 21.6. The zero-order valence-electron chi connectivity index (χ0n) is 28.5. The van der Waals surface area contributed by atoms with E-state index < -0.39 is 36.6 Å². The largest absolute Gasteiger partial charge is 0.389 e. The molecule has 218 valence electrons. The number of piperazine rings is 1. The lowest BCUT2D eigenvalue weighted by atomic mass is 10.1. The molecule has 2 aliphatic rings. The van der Waals surface area contributed by atoms with Gasteiger partial charge in [-0.2, -0.15) is 10.4 Å². The summed E-state index contributed by atoms with van der Waals surface area (Å²) in [5, 5.41) is 23.9. The number of nitriles is 1. The maximum Gasteiger partial charge on any atom is 0.236 e. The summed E-state index contributed by atoms with van der Waals surface area (Å²) in [4.78, 5) is 23.8. The van der Waals surface area contributed by atoms with E-state index in [-0.39, 0.29) is 58.1 Å². The molecule has 5 heterocycles. The molecular weight excluding hydrogens is 562 g/mol. The highest BCUT2D eigenvalue weighted by molar-refractivity contribution is 7.16. The Bertz CT molecular complexity index is 1910. The van der Waals surface area contributed by atoms with E-state index >= 15 is 4.39 Å². The van der Waals surface area contributed by atoms with E-state index in [9.17, 15) is 19.6 Å². The average molecular weight is 599 g/mol. The number of rotatable bonds is 7. The number of pyridine rings is 1. The molecule has 0 unspecified atom stereocenters. The van der Waals surface area contributed by atoms with Gasteiger partial charge in [0.1, 0.15) is 22.5 Å². The molecular formula is C29H30F2N8O2S. The van der Waals surface area contributed by atoms with Crippen molar-refractivity contribution in [2.45, 2.75) is 19.3 Å². The number of aryl methyl sites for hydroxylation is 1. The number of halogens is 2. The predicted octanol–water partition coefficient (Wildman–Crippen LogP) is 3.26. The van der Waals surface area contributed by atoms with Crippen LogP contribution in [0, 0.1) is 23.0 Å².